The second-order valence-electron chi connectivity index (χ2n) is 5.36. The molecule has 0 saturated heterocycles. The van der Waals surface area contributed by atoms with Gasteiger partial charge >= 0.3 is 0 Å². The van der Waals surface area contributed by atoms with Crippen LogP contribution in [-0.4, -0.2) is 34.2 Å². The van der Waals surface area contributed by atoms with E-state index in [1.165, 1.54) is 52.8 Å². The molecule has 0 heterocycles. The molecule has 0 amide bonds. The van der Waals surface area contributed by atoms with Gasteiger partial charge in [0.25, 0.3) is 10.0 Å². The molecule has 2 aromatic carbocycles. The van der Waals surface area contributed by atoms with Gasteiger partial charge in [0, 0.05) is 18.8 Å². The van der Waals surface area contributed by atoms with Gasteiger partial charge in [0.2, 0.25) is 10.0 Å². The number of benzene rings is 2. The van der Waals surface area contributed by atoms with E-state index < -0.39 is 20.0 Å². The monoisotopic (exact) mass is 393 g/mol. The fourth-order valence-corrected chi connectivity index (χ4v) is 4.92. The first-order valence-electron chi connectivity index (χ1n) is 7.87. The first kappa shape index (κ1) is 19.9. The molecule has 2 aromatic rings. The lowest BCUT2D eigenvalue weighted by atomic mass is 10.2. The van der Waals surface area contributed by atoms with Crippen LogP contribution < -0.4 is 4.72 Å². The van der Waals surface area contributed by atoms with Crippen molar-refractivity contribution in [2.45, 2.75) is 23.6 Å². The number of nitrogens with zero attached hydrogens (tertiary/aromatic N) is 2. The molecule has 138 valence electrons. The molecule has 0 aliphatic rings. The third-order valence-corrected chi connectivity index (χ3v) is 7.17. The second-order valence-corrected chi connectivity index (χ2v) is 8.98. The van der Waals surface area contributed by atoms with Gasteiger partial charge < -0.3 is 0 Å². The van der Waals surface area contributed by atoms with Crippen molar-refractivity contribution < 1.29 is 16.8 Å². The summed E-state index contributed by atoms with van der Waals surface area (Å²) in [5.74, 6) is 0. The van der Waals surface area contributed by atoms with E-state index in [2.05, 4.69) is 4.72 Å². The number of hydrogen-bond acceptors (Lipinski definition) is 5. The number of rotatable bonds is 7. The third-order valence-electron chi connectivity index (χ3n) is 3.72. The Morgan fingerprint density at radius 3 is 2.12 bits per heavy atom. The van der Waals surface area contributed by atoms with Gasteiger partial charge in [-0.2, -0.15) is 9.57 Å². The van der Waals surface area contributed by atoms with Crippen LogP contribution in [0, 0.1) is 11.3 Å². The molecule has 1 N–H and O–H groups in total. The summed E-state index contributed by atoms with van der Waals surface area (Å²) >= 11 is 0. The highest BCUT2D eigenvalue weighted by molar-refractivity contribution is 7.92. The Balaban J connectivity index is 2.28. The van der Waals surface area contributed by atoms with Gasteiger partial charge in [-0.25, -0.2) is 16.8 Å². The minimum Gasteiger partial charge on any atom is -0.280 e. The van der Waals surface area contributed by atoms with E-state index in [9.17, 15) is 16.8 Å². The Morgan fingerprint density at radius 2 is 1.58 bits per heavy atom. The molecule has 0 aliphatic carbocycles. The average Bonchev–Trinajstić information content (AvgIpc) is 2.62. The van der Waals surface area contributed by atoms with Crippen LogP contribution in [0.15, 0.2) is 58.3 Å². The average molecular weight is 393 g/mol. The van der Waals surface area contributed by atoms with Gasteiger partial charge in [-0.05, 0) is 42.5 Å². The van der Waals surface area contributed by atoms with E-state index in [1.807, 2.05) is 6.07 Å². The zero-order chi connectivity index (χ0) is 19.4. The van der Waals surface area contributed by atoms with Crippen LogP contribution >= 0.6 is 0 Å². The maximum Gasteiger partial charge on any atom is 0.261 e. The molecule has 2 rings (SSSR count). The van der Waals surface area contributed by atoms with E-state index in [-0.39, 0.29) is 21.0 Å². The second kappa shape index (κ2) is 7.86. The van der Waals surface area contributed by atoms with Crippen LogP contribution in [0.4, 0.5) is 5.69 Å². The zero-order valence-corrected chi connectivity index (χ0v) is 16.0. The minimum atomic E-state index is -3.88. The van der Waals surface area contributed by atoms with Crippen molar-refractivity contribution in [3.63, 3.8) is 0 Å². The van der Waals surface area contributed by atoms with Crippen molar-refractivity contribution in [3.05, 3.63) is 54.1 Å². The van der Waals surface area contributed by atoms with Crippen LogP contribution in [0.5, 0.6) is 0 Å². The first-order chi connectivity index (χ1) is 12.2. The summed E-state index contributed by atoms with van der Waals surface area (Å²) in [5, 5.41) is 8.88. The number of nitriles is 1. The summed E-state index contributed by atoms with van der Waals surface area (Å²) in [4.78, 5) is 0.0482. The molecule has 0 saturated carbocycles. The van der Waals surface area contributed by atoms with Crippen molar-refractivity contribution in [1.29, 1.82) is 5.26 Å². The standard InChI is InChI=1S/C17H19N3O4S2/c1-3-20(4-2)26(23,24)16-10-8-15(9-11-16)19-25(21,22)17-7-5-6-14(12-17)13-18/h5-12,19H,3-4H2,1-2H3. The van der Waals surface area contributed by atoms with Crippen molar-refractivity contribution in [1.82, 2.24) is 4.31 Å². The largest absolute Gasteiger partial charge is 0.280 e. The molecule has 0 radical (unpaired) electrons. The fourth-order valence-electron chi connectivity index (χ4n) is 2.35. The highest BCUT2D eigenvalue weighted by Gasteiger charge is 2.22. The zero-order valence-electron chi connectivity index (χ0n) is 14.4. The third kappa shape index (κ3) is 4.22. The van der Waals surface area contributed by atoms with E-state index >= 15 is 0 Å². The Kier molecular flexibility index (Phi) is 6.02. The van der Waals surface area contributed by atoms with Crippen LogP contribution in [0.25, 0.3) is 0 Å². The lowest BCUT2D eigenvalue weighted by Crippen LogP contribution is -2.30. The molecule has 0 bridgehead atoms. The molecule has 0 fully saturated rings. The van der Waals surface area contributed by atoms with Crippen LogP contribution in [0.2, 0.25) is 0 Å². The lowest BCUT2D eigenvalue weighted by Gasteiger charge is -2.18. The van der Waals surface area contributed by atoms with E-state index in [1.54, 1.807) is 13.8 Å². The molecule has 0 aliphatic heterocycles. The highest BCUT2D eigenvalue weighted by atomic mass is 32.2. The Labute approximate surface area is 154 Å². The Bertz CT molecular complexity index is 1020. The number of nitrogens with one attached hydrogen (secondary N) is 1. The first-order valence-corrected chi connectivity index (χ1v) is 10.8. The molecule has 7 nitrogen and oxygen atoms in total. The molecule has 0 aromatic heterocycles. The maximum absolute atomic E-state index is 12.4. The molecule has 0 atom stereocenters. The van der Waals surface area contributed by atoms with Gasteiger partial charge in [0.1, 0.15) is 0 Å². The normalized spacial score (nSPS) is 11.9. The van der Waals surface area contributed by atoms with Crippen molar-refractivity contribution in [2.75, 3.05) is 17.8 Å². The quantitative estimate of drug-likeness (QED) is 0.777. The molecular formula is C17H19N3O4S2. The maximum atomic E-state index is 12.4. The van der Waals surface area contributed by atoms with Crippen molar-refractivity contribution >= 4 is 25.7 Å². The Morgan fingerprint density at radius 1 is 0.962 bits per heavy atom. The molecule has 0 spiro atoms. The summed E-state index contributed by atoms with van der Waals surface area (Å²) in [6, 6.07) is 13.0. The van der Waals surface area contributed by atoms with Crippen LogP contribution in [0.3, 0.4) is 0 Å². The van der Waals surface area contributed by atoms with Gasteiger partial charge in [0.15, 0.2) is 0 Å². The van der Waals surface area contributed by atoms with Gasteiger partial charge in [-0.1, -0.05) is 19.9 Å². The minimum absolute atomic E-state index is 0.0450. The number of sulfonamides is 2. The van der Waals surface area contributed by atoms with Gasteiger partial charge in [-0.3, -0.25) is 4.72 Å². The molecular weight excluding hydrogens is 374 g/mol. The topological polar surface area (TPSA) is 107 Å². The Hall–Kier alpha value is -2.41. The SMILES string of the molecule is CCN(CC)S(=O)(=O)c1ccc(NS(=O)(=O)c2cccc(C#N)c2)cc1. The smallest absolute Gasteiger partial charge is 0.261 e. The summed E-state index contributed by atoms with van der Waals surface area (Å²) in [5.41, 5.74) is 0.458. The van der Waals surface area contributed by atoms with Crippen molar-refractivity contribution in [3.8, 4) is 6.07 Å². The predicted molar refractivity (Wildman–Crippen MR) is 98.5 cm³/mol. The van der Waals surface area contributed by atoms with Crippen LogP contribution in [-0.2, 0) is 20.0 Å². The molecule has 26 heavy (non-hydrogen) atoms. The summed E-state index contributed by atoms with van der Waals surface area (Å²) in [6.07, 6.45) is 0. The predicted octanol–water partition coefficient (Wildman–Crippen LogP) is 2.39. The highest BCUT2D eigenvalue weighted by Crippen LogP contribution is 2.21. The number of hydrogen-bond donors (Lipinski definition) is 1. The molecule has 9 heteroatoms. The number of anilines is 1. The van der Waals surface area contributed by atoms with E-state index in [0.717, 1.165) is 0 Å². The van der Waals surface area contributed by atoms with E-state index in [0.29, 0.717) is 13.1 Å². The van der Waals surface area contributed by atoms with Crippen LogP contribution in [0.1, 0.15) is 19.4 Å². The fraction of sp³-hybridized carbons (Fsp3) is 0.235. The summed E-state index contributed by atoms with van der Waals surface area (Å²) in [6.45, 7) is 4.20. The molecule has 0 unspecified atom stereocenters. The van der Waals surface area contributed by atoms with E-state index in [4.69, 9.17) is 5.26 Å². The van der Waals surface area contributed by atoms with Gasteiger partial charge in [0.05, 0.1) is 21.4 Å². The summed E-state index contributed by atoms with van der Waals surface area (Å²) < 4.78 is 53.4. The summed E-state index contributed by atoms with van der Waals surface area (Å²) in [7, 11) is -7.48. The van der Waals surface area contributed by atoms with Gasteiger partial charge in [-0.15, -0.1) is 0 Å². The lowest BCUT2D eigenvalue weighted by molar-refractivity contribution is 0.445. The van der Waals surface area contributed by atoms with Crippen molar-refractivity contribution in [2.24, 2.45) is 0 Å².